The zero-order valence-electron chi connectivity index (χ0n) is 12.0. The van der Waals surface area contributed by atoms with Crippen molar-refractivity contribution in [3.63, 3.8) is 0 Å². The molecule has 2 N–H and O–H groups in total. The maximum atomic E-state index is 13.5. The highest BCUT2D eigenvalue weighted by Gasteiger charge is 2.13. The number of aryl methyl sites for hydroxylation is 1. The fourth-order valence-electron chi connectivity index (χ4n) is 2.32. The van der Waals surface area contributed by atoms with E-state index in [1.807, 2.05) is 31.5 Å². The Kier molecular flexibility index (Phi) is 4.45. The van der Waals surface area contributed by atoms with Crippen LogP contribution in [0.5, 0.6) is 0 Å². The average molecular weight is 296 g/mol. The third-order valence-corrected chi connectivity index (χ3v) is 3.68. The Morgan fingerprint density at radius 2 is 2.10 bits per heavy atom. The second-order valence-corrected chi connectivity index (χ2v) is 5.64. The average Bonchev–Trinajstić information content (AvgIpc) is 2.61. The van der Waals surface area contributed by atoms with Crippen LogP contribution in [-0.4, -0.2) is 15.8 Å². The zero-order valence-corrected chi connectivity index (χ0v) is 12.7. The molecule has 1 atom stereocenters. The van der Waals surface area contributed by atoms with Crippen LogP contribution in [0.2, 0.25) is 5.02 Å². The highest BCUT2D eigenvalue weighted by Crippen LogP contribution is 2.19. The number of nitrogens with zero attached hydrogens (tertiary/aromatic N) is 2. The number of hydrogen-bond acceptors (Lipinski definition) is 2. The number of nitrogens with two attached hydrogens (primary N) is 1. The molecule has 0 fully saturated rings. The molecule has 20 heavy (non-hydrogen) atoms. The van der Waals surface area contributed by atoms with Gasteiger partial charge in [-0.05, 0) is 50.5 Å². The summed E-state index contributed by atoms with van der Waals surface area (Å²) in [4.78, 5) is 0. The third kappa shape index (κ3) is 3.19. The lowest BCUT2D eigenvalue weighted by molar-refractivity contribution is 0.615. The van der Waals surface area contributed by atoms with Crippen molar-refractivity contribution in [3.8, 4) is 0 Å². The molecule has 0 aliphatic rings. The minimum atomic E-state index is -0.401. The summed E-state index contributed by atoms with van der Waals surface area (Å²) in [7, 11) is 0. The molecule has 1 heterocycles. The van der Waals surface area contributed by atoms with Crippen LogP contribution >= 0.6 is 11.6 Å². The first-order valence-electron chi connectivity index (χ1n) is 6.61. The van der Waals surface area contributed by atoms with Crippen LogP contribution in [0.3, 0.4) is 0 Å². The predicted molar refractivity (Wildman–Crippen MR) is 79.6 cm³/mol. The Morgan fingerprint density at radius 3 is 2.70 bits per heavy atom. The second-order valence-electron chi connectivity index (χ2n) is 5.24. The number of halogens is 2. The molecule has 5 heteroatoms. The monoisotopic (exact) mass is 295 g/mol. The normalized spacial score (nSPS) is 12.7. The van der Waals surface area contributed by atoms with Crippen LogP contribution in [-0.2, 0) is 13.0 Å². The summed E-state index contributed by atoms with van der Waals surface area (Å²) in [6.07, 6.45) is 0.798. The van der Waals surface area contributed by atoms with Crippen LogP contribution in [0.4, 0.5) is 4.39 Å². The van der Waals surface area contributed by atoms with Gasteiger partial charge in [0.2, 0.25) is 0 Å². The minimum Gasteiger partial charge on any atom is -0.328 e. The Labute approximate surface area is 123 Å². The van der Waals surface area contributed by atoms with Gasteiger partial charge in [0, 0.05) is 11.7 Å². The van der Waals surface area contributed by atoms with Gasteiger partial charge >= 0.3 is 0 Å². The highest BCUT2D eigenvalue weighted by atomic mass is 35.5. The van der Waals surface area contributed by atoms with E-state index in [1.165, 1.54) is 11.6 Å². The van der Waals surface area contributed by atoms with Gasteiger partial charge in [0.15, 0.2) is 0 Å². The van der Waals surface area contributed by atoms with Gasteiger partial charge in [0.1, 0.15) is 5.82 Å². The van der Waals surface area contributed by atoms with Crippen molar-refractivity contribution in [2.45, 2.75) is 39.8 Å². The molecule has 0 saturated heterocycles. The summed E-state index contributed by atoms with van der Waals surface area (Å²) in [6.45, 7) is 6.50. The molecule has 0 aliphatic carbocycles. The van der Waals surface area contributed by atoms with E-state index >= 15 is 0 Å². The second kappa shape index (κ2) is 5.94. The number of aromatic nitrogens is 2. The standard InChI is InChI=1S/C15H19ClFN3/c1-9(18)6-13-10(2)19-20(11(13)3)8-12-4-5-14(16)15(17)7-12/h4-5,7,9H,6,8,18H2,1-3H3. The largest absolute Gasteiger partial charge is 0.328 e. The van der Waals surface area contributed by atoms with Crippen LogP contribution in [0.1, 0.15) is 29.4 Å². The summed E-state index contributed by atoms with van der Waals surface area (Å²) in [6, 6.07) is 4.93. The maximum absolute atomic E-state index is 13.5. The van der Waals surface area contributed by atoms with Gasteiger partial charge in [-0.3, -0.25) is 4.68 Å². The van der Waals surface area contributed by atoms with Crippen LogP contribution in [0.25, 0.3) is 0 Å². The molecule has 0 radical (unpaired) electrons. The Morgan fingerprint density at radius 1 is 1.40 bits per heavy atom. The van der Waals surface area contributed by atoms with Crippen LogP contribution < -0.4 is 5.73 Å². The quantitative estimate of drug-likeness (QED) is 0.941. The molecule has 2 aromatic rings. The SMILES string of the molecule is Cc1nn(Cc2ccc(Cl)c(F)c2)c(C)c1CC(C)N. The van der Waals surface area contributed by atoms with E-state index in [0.717, 1.165) is 23.4 Å². The van der Waals surface area contributed by atoms with Crippen molar-refractivity contribution < 1.29 is 4.39 Å². The molecule has 0 saturated carbocycles. The molecular weight excluding hydrogens is 277 g/mol. The summed E-state index contributed by atoms with van der Waals surface area (Å²) >= 11 is 5.69. The van der Waals surface area contributed by atoms with E-state index in [0.29, 0.717) is 6.54 Å². The van der Waals surface area contributed by atoms with E-state index in [9.17, 15) is 4.39 Å². The molecule has 0 aliphatic heterocycles. The lowest BCUT2D eigenvalue weighted by Gasteiger charge is -2.08. The topological polar surface area (TPSA) is 43.8 Å². The molecule has 2 rings (SSSR count). The van der Waals surface area contributed by atoms with E-state index in [1.54, 1.807) is 6.07 Å². The summed E-state index contributed by atoms with van der Waals surface area (Å²) < 4.78 is 15.3. The van der Waals surface area contributed by atoms with Gasteiger partial charge in [0.25, 0.3) is 0 Å². The third-order valence-electron chi connectivity index (χ3n) is 3.37. The maximum Gasteiger partial charge on any atom is 0.142 e. The first-order valence-corrected chi connectivity index (χ1v) is 6.98. The van der Waals surface area contributed by atoms with Crippen molar-refractivity contribution in [2.24, 2.45) is 5.73 Å². The van der Waals surface area contributed by atoms with Crippen molar-refractivity contribution in [3.05, 3.63) is 51.6 Å². The van der Waals surface area contributed by atoms with Gasteiger partial charge in [-0.2, -0.15) is 5.10 Å². The Bertz CT molecular complexity index is 620. The number of benzene rings is 1. The van der Waals surface area contributed by atoms with Gasteiger partial charge in [-0.1, -0.05) is 17.7 Å². The van der Waals surface area contributed by atoms with Crippen molar-refractivity contribution in [1.29, 1.82) is 0 Å². The number of hydrogen-bond donors (Lipinski definition) is 1. The zero-order chi connectivity index (χ0) is 14.9. The fraction of sp³-hybridized carbons (Fsp3) is 0.400. The predicted octanol–water partition coefficient (Wildman–Crippen LogP) is 3.23. The lowest BCUT2D eigenvalue weighted by Crippen LogP contribution is -2.18. The van der Waals surface area contributed by atoms with E-state index in [2.05, 4.69) is 5.10 Å². The van der Waals surface area contributed by atoms with Gasteiger partial charge in [-0.15, -0.1) is 0 Å². The van der Waals surface area contributed by atoms with Crippen molar-refractivity contribution in [2.75, 3.05) is 0 Å². The van der Waals surface area contributed by atoms with E-state index in [-0.39, 0.29) is 11.1 Å². The molecule has 0 bridgehead atoms. The molecule has 108 valence electrons. The summed E-state index contributed by atoms with van der Waals surface area (Å²) in [5, 5.41) is 4.65. The first kappa shape index (κ1) is 15.0. The van der Waals surface area contributed by atoms with Gasteiger partial charge in [-0.25, -0.2) is 4.39 Å². The molecule has 1 aromatic carbocycles. The highest BCUT2D eigenvalue weighted by molar-refractivity contribution is 6.30. The number of rotatable bonds is 4. The summed E-state index contributed by atoms with van der Waals surface area (Å²) in [5.41, 5.74) is 9.93. The van der Waals surface area contributed by atoms with E-state index < -0.39 is 5.82 Å². The molecule has 1 aromatic heterocycles. The molecule has 0 spiro atoms. The van der Waals surface area contributed by atoms with Crippen LogP contribution in [0.15, 0.2) is 18.2 Å². The first-order chi connectivity index (χ1) is 9.38. The molecule has 1 unspecified atom stereocenters. The Hall–Kier alpha value is -1.39. The van der Waals surface area contributed by atoms with Gasteiger partial charge < -0.3 is 5.73 Å². The van der Waals surface area contributed by atoms with E-state index in [4.69, 9.17) is 17.3 Å². The lowest BCUT2D eigenvalue weighted by atomic mass is 10.1. The van der Waals surface area contributed by atoms with Gasteiger partial charge in [0.05, 0.1) is 17.3 Å². The molecule has 3 nitrogen and oxygen atoms in total. The fourth-order valence-corrected chi connectivity index (χ4v) is 2.43. The molecule has 0 amide bonds. The van der Waals surface area contributed by atoms with Crippen molar-refractivity contribution in [1.82, 2.24) is 9.78 Å². The van der Waals surface area contributed by atoms with Crippen molar-refractivity contribution >= 4 is 11.6 Å². The molecular formula is C15H19ClFN3. The minimum absolute atomic E-state index is 0.0954. The van der Waals surface area contributed by atoms with Crippen LogP contribution in [0, 0.1) is 19.7 Å². The smallest absolute Gasteiger partial charge is 0.142 e. The summed E-state index contributed by atoms with van der Waals surface area (Å²) in [5.74, 6) is -0.401. The Balaban J connectivity index is 2.27.